The number of hydrogen-bond donors (Lipinski definition) is 2. The number of likely N-dealkylation sites (tertiary alicyclic amines) is 1. The molecular formula is C16H21F3N2O2. The predicted molar refractivity (Wildman–Crippen MR) is 79.7 cm³/mol. The van der Waals surface area contributed by atoms with Crippen LogP contribution in [0.5, 0.6) is 0 Å². The summed E-state index contributed by atoms with van der Waals surface area (Å²) in [6, 6.07) is 4.76. The normalized spacial score (nSPS) is 21.3. The SMILES string of the molecule is CC(=O)N1CCC(NCC(C)(O)c2cccc(C(F)(F)F)c2)C1. The summed E-state index contributed by atoms with van der Waals surface area (Å²) in [5, 5.41) is 13.6. The van der Waals surface area contributed by atoms with E-state index in [9.17, 15) is 23.1 Å². The Bertz CT molecular complexity index is 573. The summed E-state index contributed by atoms with van der Waals surface area (Å²) < 4.78 is 38.3. The van der Waals surface area contributed by atoms with E-state index in [-0.39, 0.29) is 24.1 Å². The first-order chi connectivity index (χ1) is 10.6. The summed E-state index contributed by atoms with van der Waals surface area (Å²) in [6.07, 6.45) is -3.68. The summed E-state index contributed by atoms with van der Waals surface area (Å²) in [4.78, 5) is 13.0. The molecule has 1 saturated heterocycles. The molecule has 1 aliphatic rings. The minimum absolute atomic E-state index is 0.000983. The fraction of sp³-hybridized carbons (Fsp3) is 0.562. The van der Waals surface area contributed by atoms with Gasteiger partial charge in [-0.3, -0.25) is 4.79 Å². The minimum Gasteiger partial charge on any atom is -0.384 e. The van der Waals surface area contributed by atoms with E-state index in [1.807, 2.05) is 0 Å². The van der Waals surface area contributed by atoms with Gasteiger partial charge in [-0.25, -0.2) is 0 Å². The van der Waals surface area contributed by atoms with E-state index < -0.39 is 17.3 Å². The van der Waals surface area contributed by atoms with Crippen molar-refractivity contribution in [2.24, 2.45) is 0 Å². The Morgan fingerprint density at radius 1 is 1.39 bits per heavy atom. The first-order valence-electron chi connectivity index (χ1n) is 7.48. The fourth-order valence-electron chi connectivity index (χ4n) is 2.69. The number of amides is 1. The number of aliphatic hydroxyl groups is 1. The number of benzene rings is 1. The highest BCUT2D eigenvalue weighted by Crippen LogP contribution is 2.32. The van der Waals surface area contributed by atoms with Crippen molar-refractivity contribution in [2.75, 3.05) is 19.6 Å². The lowest BCUT2D eigenvalue weighted by Gasteiger charge is -2.27. The van der Waals surface area contributed by atoms with E-state index in [4.69, 9.17) is 0 Å². The summed E-state index contributed by atoms with van der Waals surface area (Å²) in [5.41, 5.74) is -2.00. The number of carbonyl (C=O) groups is 1. The smallest absolute Gasteiger partial charge is 0.384 e. The van der Waals surface area contributed by atoms with E-state index in [2.05, 4.69) is 5.32 Å². The standard InChI is InChI=1S/C16H21F3N2O2/c1-11(22)21-7-6-14(9-21)20-10-15(2,23)12-4-3-5-13(8-12)16(17,18)19/h3-5,8,14,20,23H,6-7,9-10H2,1-2H3. The summed E-state index contributed by atoms with van der Waals surface area (Å²) in [6.45, 7) is 4.30. The molecule has 23 heavy (non-hydrogen) atoms. The number of hydrogen-bond acceptors (Lipinski definition) is 3. The zero-order chi connectivity index (χ0) is 17.3. The Morgan fingerprint density at radius 2 is 2.04 bits per heavy atom. The number of alkyl halides is 3. The Hall–Kier alpha value is -1.60. The summed E-state index contributed by atoms with van der Waals surface area (Å²) >= 11 is 0. The highest BCUT2D eigenvalue weighted by Gasteiger charge is 2.33. The third kappa shape index (κ3) is 4.45. The maximum Gasteiger partial charge on any atom is 0.416 e. The molecule has 0 aliphatic carbocycles. The highest BCUT2D eigenvalue weighted by atomic mass is 19.4. The van der Waals surface area contributed by atoms with Crippen LogP contribution in [0.25, 0.3) is 0 Å². The Morgan fingerprint density at radius 3 is 2.61 bits per heavy atom. The second-order valence-corrected chi connectivity index (χ2v) is 6.18. The maximum atomic E-state index is 12.8. The van der Waals surface area contributed by atoms with Crippen molar-refractivity contribution in [1.82, 2.24) is 10.2 Å². The van der Waals surface area contributed by atoms with Crippen LogP contribution in [0.3, 0.4) is 0 Å². The second-order valence-electron chi connectivity index (χ2n) is 6.18. The van der Waals surface area contributed by atoms with Crippen molar-refractivity contribution in [3.8, 4) is 0 Å². The third-order valence-corrected chi connectivity index (χ3v) is 4.18. The molecule has 7 heteroatoms. The molecule has 0 saturated carbocycles. The van der Waals surface area contributed by atoms with Crippen LogP contribution in [0.2, 0.25) is 0 Å². The largest absolute Gasteiger partial charge is 0.416 e. The zero-order valence-electron chi connectivity index (χ0n) is 13.2. The van der Waals surface area contributed by atoms with Gasteiger partial charge in [0, 0.05) is 32.6 Å². The van der Waals surface area contributed by atoms with Gasteiger partial charge in [-0.05, 0) is 31.0 Å². The molecular weight excluding hydrogens is 309 g/mol. The van der Waals surface area contributed by atoms with Crippen molar-refractivity contribution in [3.05, 3.63) is 35.4 Å². The molecule has 128 valence electrons. The van der Waals surface area contributed by atoms with Crippen LogP contribution in [-0.4, -0.2) is 41.6 Å². The maximum absolute atomic E-state index is 12.8. The first-order valence-corrected chi connectivity index (χ1v) is 7.48. The van der Waals surface area contributed by atoms with E-state index in [1.54, 1.807) is 4.90 Å². The quantitative estimate of drug-likeness (QED) is 0.889. The Balaban J connectivity index is 2.01. The predicted octanol–water partition coefficient (Wildman–Crippen LogP) is 2.12. The molecule has 2 N–H and O–H groups in total. The lowest BCUT2D eigenvalue weighted by atomic mass is 9.94. The van der Waals surface area contributed by atoms with Crippen LogP contribution in [0.15, 0.2) is 24.3 Å². The van der Waals surface area contributed by atoms with E-state index in [0.717, 1.165) is 18.6 Å². The first kappa shape index (κ1) is 17.7. The van der Waals surface area contributed by atoms with Gasteiger partial charge >= 0.3 is 6.18 Å². The Labute approximate surface area is 133 Å². The average molecular weight is 330 g/mol. The molecule has 0 aromatic heterocycles. The molecule has 0 radical (unpaired) electrons. The van der Waals surface area contributed by atoms with Gasteiger partial charge in [-0.15, -0.1) is 0 Å². The lowest BCUT2D eigenvalue weighted by Crippen LogP contribution is -2.42. The van der Waals surface area contributed by atoms with Crippen molar-refractivity contribution >= 4 is 5.91 Å². The van der Waals surface area contributed by atoms with Crippen LogP contribution in [0.1, 0.15) is 31.4 Å². The molecule has 1 fully saturated rings. The molecule has 0 spiro atoms. The number of nitrogens with zero attached hydrogens (tertiary/aromatic N) is 1. The lowest BCUT2D eigenvalue weighted by molar-refractivity contribution is -0.137. The van der Waals surface area contributed by atoms with E-state index in [0.29, 0.717) is 13.1 Å². The minimum atomic E-state index is -4.44. The van der Waals surface area contributed by atoms with Gasteiger partial charge in [-0.1, -0.05) is 12.1 Å². The van der Waals surface area contributed by atoms with Gasteiger partial charge in [0.15, 0.2) is 0 Å². The van der Waals surface area contributed by atoms with Crippen molar-refractivity contribution in [1.29, 1.82) is 0 Å². The molecule has 1 aliphatic heterocycles. The summed E-state index contributed by atoms with van der Waals surface area (Å²) in [5.74, 6) is -0.000983. The van der Waals surface area contributed by atoms with E-state index >= 15 is 0 Å². The summed E-state index contributed by atoms with van der Waals surface area (Å²) in [7, 11) is 0. The van der Waals surface area contributed by atoms with Gasteiger partial charge in [0.25, 0.3) is 0 Å². The van der Waals surface area contributed by atoms with Crippen LogP contribution in [0, 0.1) is 0 Å². The molecule has 2 rings (SSSR count). The van der Waals surface area contributed by atoms with Gasteiger partial charge < -0.3 is 15.3 Å². The van der Waals surface area contributed by atoms with Gasteiger partial charge in [0.2, 0.25) is 5.91 Å². The molecule has 0 bridgehead atoms. The molecule has 1 amide bonds. The van der Waals surface area contributed by atoms with Crippen LogP contribution in [0.4, 0.5) is 13.2 Å². The second kappa shape index (κ2) is 6.49. The van der Waals surface area contributed by atoms with Crippen molar-refractivity contribution in [2.45, 2.75) is 38.1 Å². The monoisotopic (exact) mass is 330 g/mol. The van der Waals surface area contributed by atoms with Gasteiger partial charge in [-0.2, -0.15) is 13.2 Å². The third-order valence-electron chi connectivity index (χ3n) is 4.18. The molecule has 1 aromatic rings. The average Bonchev–Trinajstić information content (AvgIpc) is 2.94. The molecule has 4 nitrogen and oxygen atoms in total. The number of halogens is 3. The van der Waals surface area contributed by atoms with Gasteiger partial charge in [0.1, 0.15) is 0 Å². The molecule has 2 atom stereocenters. The topological polar surface area (TPSA) is 52.6 Å². The van der Waals surface area contributed by atoms with Crippen LogP contribution in [-0.2, 0) is 16.6 Å². The van der Waals surface area contributed by atoms with Crippen LogP contribution < -0.4 is 5.32 Å². The van der Waals surface area contributed by atoms with E-state index in [1.165, 1.54) is 26.0 Å². The molecule has 1 aromatic carbocycles. The van der Waals surface area contributed by atoms with Gasteiger partial charge in [0.05, 0.1) is 11.2 Å². The number of nitrogens with one attached hydrogen (secondary N) is 1. The zero-order valence-corrected chi connectivity index (χ0v) is 13.2. The van der Waals surface area contributed by atoms with Crippen molar-refractivity contribution in [3.63, 3.8) is 0 Å². The fourth-order valence-corrected chi connectivity index (χ4v) is 2.69. The molecule has 1 heterocycles. The van der Waals surface area contributed by atoms with Crippen LogP contribution >= 0.6 is 0 Å². The molecule has 2 unspecified atom stereocenters. The Kier molecular flexibility index (Phi) is 5.01. The number of carbonyl (C=O) groups excluding carboxylic acids is 1. The van der Waals surface area contributed by atoms with Crippen molar-refractivity contribution < 1.29 is 23.1 Å². The number of rotatable bonds is 4. The highest BCUT2D eigenvalue weighted by molar-refractivity contribution is 5.73.